The van der Waals surface area contributed by atoms with E-state index in [9.17, 15) is 9.59 Å². The first-order valence-corrected chi connectivity index (χ1v) is 13.1. The topological polar surface area (TPSA) is 52.7 Å². The van der Waals surface area contributed by atoms with Crippen LogP contribution in [0, 0.1) is 0 Å². The minimum Gasteiger partial charge on any atom is -0.358 e. The molecule has 0 spiro atoms. The summed E-state index contributed by atoms with van der Waals surface area (Å²) in [5.41, 5.74) is 5.03. The molecule has 1 saturated heterocycles. The summed E-state index contributed by atoms with van der Waals surface area (Å²) in [4.78, 5) is 30.6. The van der Waals surface area contributed by atoms with E-state index in [2.05, 4.69) is 46.6 Å². The summed E-state index contributed by atoms with van der Waals surface area (Å²) in [7, 11) is 1.74. The standard InChI is InChI=1S/C31H35N3O2/c1-32-30(36)31(27-15-7-5-13-25(27)26-14-6-8-16-28(26)31)17-9-10-18-33-19-21-34(22-20-33)29(35)23-24-11-3-2-4-12-24/h2-8,11-16H,9-10,17-23H2,1H3,(H,32,36). The average molecular weight is 482 g/mol. The molecule has 0 unspecified atom stereocenters. The van der Waals surface area contributed by atoms with Gasteiger partial charge in [0.1, 0.15) is 5.41 Å². The Morgan fingerprint density at radius 1 is 0.778 bits per heavy atom. The van der Waals surface area contributed by atoms with Gasteiger partial charge in [-0.1, -0.05) is 85.3 Å². The summed E-state index contributed by atoms with van der Waals surface area (Å²) < 4.78 is 0. The number of hydrogen-bond acceptors (Lipinski definition) is 3. The van der Waals surface area contributed by atoms with Crippen molar-refractivity contribution in [3.8, 4) is 11.1 Å². The lowest BCUT2D eigenvalue weighted by molar-refractivity contribution is -0.132. The maximum Gasteiger partial charge on any atom is 0.234 e. The van der Waals surface area contributed by atoms with Crippen LogP contribution in [0.15, 0.2) is 78.9 Å². The highest BCUT2D eigenvalue weighted by Gasteiger charge is 2.47. The summed E-state index contributed by atoms with van der Waals surface area (Å²) in [6, 6.07) is 26.7. The summed E-state index contributed by atoms with van der Waals surface area (Å²) in [6.45, 7) is 4.39. The van der Waals surface area contributed by atoms with Gasteiger partial charge in [0.15, 0.2) is 0 Å². The second-order valence-corrected chi connectivity index (χ2v) is 9.92. The number of nitrogens with zero attached hydrogens (tertiary/aromatic N) is 2. The second kappa shape index (κ2) is 10.7. The van der Waals surface area contributed by atoms with E-state index >= 15 is 0 Å². The fourth-order valence-corrected chi connectivity index (χ4v) is 5.99. The monoisotopic (exact) mass is 481 g/mol. The third-order valence-corrected chi connectivity index (χ3v) is 7.88. The molecule has 2 amide bonds. The highest BCUT2D eigenvalue weighted by molar-refractivity contribution is 6.00. The highest BCUT2D eigenvalue weighted by atomic mass is 16.2. The number of carbonyl (C=O) groups excluding carboxylic acids is 2. The van der Waals surface area contributed by atoms with Crippen molar-refractivity contribution in [3.05, 3.63) is 95.6 Å². The lowest BCUT2D eigenvalue weighted by atomic mass is 9.73. The second-order valence-electron chi connectivity index (χ2n) is 9.92. The zero-order valence-corrected chi connectivity index (χ0v) is 21.1. The van der Waals surface area contributed by atoms with E-state index < -0.39 is 5.41 Å². The molecule has 186 valence electrons. The smallest absolute Gasteiger partial charge is 0.234 e. The van der Waals surface area contributed by atoms with E-state index in [0.29, 0.717) is 6.42 Å². The van der Waals surface area contributed by atoms with Gasteiger partial charge in [0.2, 0.25) is 11.8 Å². The predicted molar refractivity (Wildman–Crippen MR) is 144 cm³/mol. The third-order valence-electron chi connectivity index (χ3n) is 7.88. The number of piperazine rings is 1. The Balaban J connectivity index is 1.18. The molecule has 1 N–H and O–H groups in total. The summed E-state index contributed by atoms with van der Waals surface area (Å²) >= 11 is 0. The van der Waals surface area contributed by atoms with Crippen molar-refractivity contribution in [3.63, 3.8) is 0 Å². The third kappa shape index (κ3) is 4.56. The highest BCUT2D eigenvalue weighted by Crippen LogP contribution is 2.51. The number of benzene rings is 3. The van der Waals surface area contributed by atoms with Crippen LogP contribution in [0.4, 0.5) is 0 Å². The fourth-order valence-electron chi connectivity index (χ4n) is 5.99. The van der Waals surface area contributed by atoms with Crippen LogP contribution in [0.2, 0.25) is 0 Å². The zero-order valence-electron chi connectivity index (χ0n) is 21.1. The molecule has 1 aliphatic carbocycles. The molecule has 1 heterocycles. The molecule has 5 nitrogen and oxygen atoms in total. The van der Waals surface area contributed by atoms with Gasteiger partial charge in [0, 0.05) is 33.2 Å². The van der Waals surface area contributed by atoms with Crippen molar-refractivity contribution in [2.24, 2.45) is 0 Å². The molecule has 1 fully saturated rings. The van der Waals surface area contributed by atoms with Crippen molar-refractivity contribution in [2.75, 3.05) is 39.8 Å². The number of likely N-dealkylation sites (N-methyl/N-ethyl adjacent to an activating group) is 1. The van der Waals surface area contributed by atoms with Gasteiger partial charge < -0.3 is 10.2 Å². The first kappa shape index (κ1) is 24.3. The molecule has 5 rings (SSSR count). The van der Waals surface area contributed by atoms with Crippen molar-refractivity contribution in [1.29, 1.82) is 0 Å². The molecule has 0 saturated carbocycles. The molecule has 0 atom stereocenters. The minimum atomic E-state index is -0.634. The van der Waals surface area contributed by atoms with E-state index in [1.54, 1.807) is 7.05 Å². The molecule has 5 heteroatoms. The van der Waals surface area contributed by atoms with Crippen LogP contribution in [-0.4, -0.2) is 61.4 Å². The zero-order chi connectivity index (χ0) is 25.0. The number of nitrogens with one attached hydrogen (secondary N) is 1. The molecule has 3 aromatic rings. The molecular weight excluding hydrogens is 446 g/mol. The number of carbonyl (C=O) groups is 2. The summed E-state index contributed by atoms with van der Waals surface area (Å²) in [5.74, 6) is 0.289. The van der Waals surface area contributed by atoms with Gasteiger partial charge in [-0.25, -0.2) is 0 Å². The Morgan fingerprint density at radius 2 is 1.36 bits per heavy atom. The molecule has 2 aliphatic rings. The van der Waals surface area contributed by atoms with Crippen LogP contribution in [0.5, 0.6) is 0 Å². The number of unbranched alkanes of at least 4 members (excludes halogenated alkanes) is 1. The van der Waals surface area contributed by atoms with Gasteiger partial charge in [-0.3, -0.25) is 14.5 Å². The lowest BCUT2D eigenvalue weighted by Gasteiger charge is -2.35. The van der Waals surface area contributed by atoms with E-state index in [1.807, 2.05) is 47.4 Å². The maximum atomic E-state index is 13.4. The molecule has 0 bridgehead atoms. The Labute approximate surface area is 214 Å². The van der Waals surface area contributed by atoms with Gasteiger partial charge >= 0.3 is 0 Å². The Morgan fingerprint density at radius 3 is 1.97 bits per heavy atom. The number of hydrogen-bond donors (Lipinski definition) is 1. The van der Waals surface area contributed by atoms with E-state index in [1.165, 1.54) is 11.1 Å². The molecular formula is C31H35N3O2. The minimum absolute atomic E-state index is 0.0745. The maximum absolute atomic E-state index is 13.4. The van der Waals surface area contributed by atoms with Crippen molar-refractivity contribution in [1.82, 2.24) is 15.1 Å². The molecule has 0 radical (unpaired) electrons. The number of fused-ring (bicyclic) bond motifs is 3. The normalized spacial score (nSPS) is 16.3. The Bertz CT molecular complexity index is 1170. The van der Waals surface area contributed by atoms with Crippen molar-refractivity contribution in [2.45, 2.75) is 31.1 Å². The number of amides is 2. The largest absolute Gasteiger partial charge is 0.358 e. The van der Waals surface area contributed by atoms with E-state index in [4.69, 9.17) is 0 Å². The predicted octanol–water partition coefficient (Wildman–Crippen LogP) is 4.26. The first-order chi connectivity index (χ1) is 17.6. The van der Waals surface area contributed by atoms with Crippen molar-refractivity contribution >= 4 is 11.8 Å². The Hall–Kier alpha value is -3.44. The first-order valence-electron chi connectivity index (χ1n) is 13.1. The summed E-state index contributed by atoms with van der Waals surface area (Å²) in [6.07, 6.45) is 3.26. The van der Waals surface area contributed by atoms with E-state index in [0.717, 1.165) is 68.7 Å². The SMILES string of the molecule is CNC(=O)C1(CCCCN2CCN(C(=O)Cc3ccccc3)CC2)c2ccccc2-c2ccccc21. The molecule has 1 aliphatic heterocycles. The van der Waals surface area contributed by atoms with Crippen LogP contribution in [0.25, 0.3) is 11.1 Å². The van der Waals surface area contributed by atoms with Gasteiger partial charge in [-0.05, 0) is 47.2 Å². The van der Waals surface area contributed by atoms with Crippen LogP contribution in [0.1, 0.15) is 36.0 Å². The fraction of sp³-hybridized carbons (Fsp3) is 0.355. The van der Waals surface area contributed by atoms with Crippen LogP contribution >= 0.6 is 0 Å². The molecule has 3 aromatic carbocycles. The average Bonchev–Trinajstić information content (AvgIpc) is 3.22. The van der Waals surface area contributed by atoms with Gasteiger partial charge in [0.05, 0.1) is 6.42 Å². The lowest BCUT2D eigenvalue weighted by Crippen LogP contribution is -2.49. The van der Waals surface area contributed by atoms with Gasteiger partial charge in [0.25, 0.3) is 0 Å². The Kier molecular flexibility index (Phi) is 7.19. The van der Waals surface area contributed by atoms with Crippen LogP contribution in [-0.2, 0) is 21.4 Å². The molecule has 36 heavy (non-hydrogen) atoms. The van der Waals surface area contributed by atoms with Crippen LogP contribution < -0.4 is 5.32 Å². The number of rotatable bonds is 8. The summed E-state index contributed by atoms with van der Waals surface area (Å²) in [5, 5.41) is 2.97. The van der Waals surface area contributed by atoms with Crippen molar-refractivity contribution < 1.29 is 9.59 Å². The van der Waals surface area contributed by atoms with Gasteiger partial charge in [-0.2, -0.15) is 0 Å². The van der Waals surface area contributed by atoms with Crippen LogP contribution in [0.3, 0.4) is 0 Å². The molecule has 0 aromatic heterocycles. The van der Waals surface area contributed by atoms with E-state index in [-0.39, 0.29) is 11.8 Å². The quantitative estimate of drug-likeness (QED) is 0.489. The van der Waals surface area contributed by atoms with Gasteiger partial charge in [-0.15, -0.1) is 0 Å².